The van der Waals surface area contributed by atoms with Crippen LogP contribution in [0.1, 0.15) is 11.5 Å². The van der Waals surface area contributed by atoms with Gasteiger partial charge in [0.2, 0.25) is 0 Å². The summed E-state index contributed by atoms with van der Waals surface area (Å²) < 4.78 is 25.5. The highest BCUT2D eigenvalue weighted by molar-refractivity contribution is 7.92. The van der Waals surface area contributed by atoms with Crippen molar-refractivity contribution in [2.45, 2.75) is 16.1 Å². The van der Waals surface area contributed by atoms with Crippen LogP contribution in [0.4, 0.5) is 0 Å². The van der Waals surface area contributed by atoms with Gasteiger partial charge in [-0.2, -0.15) is 0 Å². The van der Waals surface area contributed by atoms with Gasteiger partial charge in [-0.15, -0.1) is 0 Å². The highest BCUT2D eigenvalue weighted by atomic mass is 35.5. The van der Waals surface area contributed by atoms with Crippen molar-refractivity contribution in [1.29, 1.82) is 0 Å². The lowest BCUT2D eigenvalue weighted by Gasteiger charge is -2.04. The number of nitrogens with two attached hydrogens (primary N) is 1. The topological polar surface area (TPSA) is 60.2 Å². The third kappa shape index (κ3) is 2.59. The first kappa shape index (κ1) is 14.6. The number of sulfone groups is 1. The predicted octanol–water partition coefficient (Wildman–Crippen LogP) is 2.85. The zero-order valence-electron chi connectivity index (χ0n) is 11.3. The molecule has 0 amide bonds. The highest BCUT2D eigenvalue weighted by Crippen LogP contribution is 2.53. The molecule has 3 atom stereocenters. The third-order valence-corrected chi connectivity index (χ3v) is 6.59. The number of benzene rings is 2. The smallest absolute Gasteiger partial charge is 0.182 e. The molecular formula is C16H16ClNO2S. The molecule has 0 heterocycles. The Bertz CT molecular complexity index is 729. The van der Waals surface area contributed by atoms with Gasteiger partial charge in [-0.25, -0.2) is 8.42 Å². The Kier molecular flexibility index (Phi) is 3.78. The summed E-state index contributed by atoms with van der Waals surface area (Å²) in [7, 11) is -3.35. The number of halogens is 1. The summed E-state index contributed by atoms with van der Waals surface area (Å²) in [6.45, 7) is 0.365. The maximum atomic E-state index is 12.7. The molecule has 1 fully saturated rings. The molecule has 5 heteroatoms. The molecule has 2 aromatic rings. The molecule has 1 aliphatic carbocycles. The Balaban J connectivity index is 1.94. The Labute approximate surface area is 129 Å². The first-order valence-corrected chi connectivity index (χ1v) is 8.72. The Morgan fingerprint density at radius 1 is 1.00 bits per heavy atom. The van der Waals surface area contributed by atoms with E-state index in [9.17, 15) is 8.42 Å². The summed E-state index contributed by atoms with van der Waals surface area (Å²) >= 11 is 5.89. The molecular weight excluding hydrogens is 306 g/mol. The summed E-state index contributed by atoms with van der Waals surface area (Å²) in [5, 5.41) is 0.206. The standard InChI is InChI=1S/C16H16ClNO2S/c17-12-8-6-11(7-9-12)15-14(10-18)16(15)21(19,20)13-4-2-1-3-5-13/h1-9,14-16H,10,18H2. The molecule has 2 aromatic carbocycles. The van der Waals surface area contributed by atoms with Crippen molar-refractivity contribution in [2.75, 3.05) is 6.54 Å². The Morgan fingerprint density at radius 2 is 1.62 bits per heavy atom. The molecule has 2 N–H and O–H groups in total. The van der Waals surface area contributed by atoms with Crippen LogP contribution in [0.2, 0.25) is 5.02 Å². The van der Waals surface area contributed by atoms with E-state index in [1.165, 1.54) is 0 Å². The molecule has 0 radical (unpaired) electrons. The van der Waals surface area contributed by atoms with Gasteiger partial charge in [0.25, 0.3) is 0 Å². The maximum absolute atomic E-state index is 12.7. The second-order valence-corrected chi connectivity index (χ2v) is 7.84. The molecule has 0 aliphatic heterocycles. The molecule has 1 saturated carbocycles. The SMILES string of the molecule is NCC1C(c2ccc(Cl)cc2)C1S(=O)(=O)c1ccccc1. The van der Waals surface area contributed by atoms with Crippen LogP contribution < -0.4 is 5.73 Å². The lowest BCUT2D eigenvalue weighted by Crippen LogP contribution is -2.13. The molecule has 3 unspecified atom stereocenters. The van der Waals surface area contributed by atoms with Gasteiger partial charge in [0.15, 0.2) is 9.84 Å². The van der Waals surface area contributed by atoms with Crippen molar-refractivity contribution < 1.29 is 8.42 Å². The van der Waals surface area contributed by atoms with Gasteiger partial charge in [-0.1, -0.05) is 41.9 Å². The Morgan fingerprint density at radius 3 is 2.19 bits per heavy atom. The van der Waals surface area contributed by atoms with E-state index in [1.54, 1.807) is 36.4 Å². The number of hydrogen-bond donors (Lipinski definition) is 1. The first-order valence-electron chi connectivity index (χ1n) is 6.80. The monoisotopic (exact) mass is 321 g/mol. The summed E-state index contributed by atoms with van der Waals surface area (Å²) in [6.07, 6.45) is 0. The lowest BCUT2D eigenvalue weighted by molar-refractivity contribution is 0.591. The van der Waals surface area contributed by atoms with Gasteiger partial charge in [0, 0.05) is 10.9 Å². The minimum Gasteiger partial charge on any atom is -0.330 e. The van der Waals surface area contributed by atoms with Gasteiger partial charge in [0.05, 0.1) is 10.1 Å². The quantitative estimate of drug-likeness (QED) is 0.942. The molecule has 0 aromatic heterocycles. The fraction of sp³-hybridized carbons (Fsp3) is 0.250. The van der Waals surface area contributed by atoms with Crippen LogP contribution in [0.15, 0.2) is 59.5 Å². The van der Waals surface area contributed by atoms with Gasteiger partial charge in [-0.3, -0.25) is 0 Å². The fourth-order valence-electron chi connectivity index (χ4n) is 2.94. The third-order valence-electron chi connectivity index (χ3n) is 4.05. The maximum Gasteiger partial charge on any atom is 0.182 e. The molecule has 3 rings (SSSR count). The zero-order valence-corrected chi connectivity index (χ0v) is 12.9. The molecule has 21 heavy (non-hydrogen) atoms. The molecule has 110 valence electrons. The minimum atomic E-state index is -3.35. The van der Waals surface area contributed by atoms with Crippen LogP contribution in [-0.2, 0) is 9.84 Å². The average Bonchev–Trinajstić information content (AvgIpc) is 3.24. The number of rotatable bonds is 4. The summed E-state index contributed by atoms with van der Waals surface area (Å²) in [4.78, 5) is 0.366. The predicted molar refractivity (Wildman–Crippen MR) is 84.2 cm³/mol. The highest BCUT2D eigenvalue weighted by Gasteiger charge is 2.57. The van der Waals surface area contributed by atoms with E-state index in [0.29, 0.717) is 16.5 Å². The molecule has 1 aliphatic rings. The zero-order chi connectivity index (χ0) is 15.0. The second kappa shape index (κ2) is 5.44. The van der Waals surface area contributed by atoms with E-state index in [-0.39, 0.29) is 11.8 Å². The van der Waals surface area contributed by atoms with E-state index in [2.05, 4.69) is 0 Å². The molecule has 0 bridgehead atoms. The van der Waals surface area contributed by atoms with Crippen LogP contribution in [0, 0.1) is 5.92 Å². The van der Waals surface area contributed by atoms with Crippen LogP contribution >= 0.6 is 11.6 Å². The molecule has 0 spiro atoms. The summed E-state index contributed by atoms with van der Waals surface area (Å²) in [5.74, 6) is -0.0751. The van der Waals surface area contributed by atoms with Crippen LogP contribution in [0.25, 0.3) is 0 Å². The van der Waals surface area contributed by atoms with E-state index >= 15 is 0 Å². The second-order valence-electron chi connectivity index (χ2n) is 5.30. The average molecular weight is 322 g/mol. The number of hydrogen-bond acceptors (Lipinski definition) is 3. The first-order chi connectivity index (χ1) is 10.1. The van der Waals surface area contributed by atoms with Crippen molar-refractivity contribution in [2.24, 2.45) is 11.7 Å². The van der Waals surface area contributed by atoms with Crippen molar-refractivity contribution in [3.05, 3.63) is 65.2 Å². The van der Waals surface area contributed by atoms with Crippen LogP contribution in [0.5, 0.6) is 0 Å². The Hall–Kier alpha value is -1.36. The van der Waals surface area contributed by atoms with Gasteiger partial charge in [0.1, 0.15) is 0 Å². The van der Waals surface area contributed by atoms with E-state index in [4.69, 9.17) is 17.3 Å². The van der Waals surface area contributed by atoms with Crippen molar-refractivity contribution in [3.8, 4) is 0 Å². The van der Waals surface area contributed by atoms with E-state index < -0.39 is 15.1 Å². The van der Waals surface area contributed by atoms with Gasteiger partial charge < -0.3 is 5.73 Å². The summed E-state index contributed by atoms with van der Waals surface area (Å²) in [6, 6.07) is 15.9. The van der Waals surface area contributed by atoms with Crippen molar-refractivity contribution in [3.63, 3.8) is 0 Å². The molecule has 0 saturated heterocycles. The fourth-order valence-corrected chi connectivity index (χ4v) is 5.31. The minimum absolute atomic E-state index is 0.0311. The van der Waals surface area contributed by atoms with Crippen LogP contribution in [0.3, 0.4) is 0 Å². The van der Waals surface area contributed by atoms with Crippen molar-refractivity contribution in [1.82, 2.24) is 0 Å². The van der Waals surface area contributed by atoms with Gasteiger partial charge in [-0.05, 0) is 42.3 Å². The lowest BCUT2D eigenvalue weighted by atomic mass is 10.1. The summed E-state index contributed by atoms with van der Waals surface area (Å²) in [5.41, 5.74) is 6.75. The van der Waals surface area contributed by atoms with Gasteiger partial charge >= 0.3 is 0 Å². The van der Waals surface area contributed by atoms with Crippen LogP contribution in [-0.4, -0.2) is 20.2 Å². The van der Waals surface area contributed by atoms with Crippen molar-refractivity contribution >= 4 is 21.4 Å². The normalized spacial score (nSPS) is 24.8. The van der Waals surface area contributed by atoms with E-state index in [0.717, 1.165) is 5.56 Å². The largest absolute Gasteiger partial charge is 0.330 e. The molecule has 3 nitrogen and oxygen atoms in total. The van der Waals surface area contributed by atoms with E-state index in [1.807, 2.05) is 18.2 Å².